The summed E-state index contributed by atoms with van der Waals surface area (Å²) in [7, 11) is 0. The van der Waals surface area contributed by atoms with Gasteiger partial charge in [-0.3, -0.25) is 9.59 Å². The van der Waals surface area contributed by atoms with Gasteiger partial charge in [0.05, 0.1) is 6.54 Å². The maximum Gasteiger partial charge on any atom is 0.241 e. The predicted octanol–water partition coefficient (Wildman–Crippen LogP) is 1.32. The Hall–Kier alpha value is -0.810. The Morgan fingerprint density at radius 2 is 1.76 bits per heavy atom. The van der Waals surface area contributed by atoms with Crippen molar-refractivity contribution in [1.29, 1.82) is 0 Å². The average Bonchev–Trinajstić information content (AvgIpc) is 2.52. The number of amides is 2. The Kier molecular flexibility index (Phi) is 8.69. The number of hydrogen-bond acceptors (Lipinski definition) is 3. The van der Waals surface area contributed by atoms with Crippen LogP contribution in [0.3, 0.4) is 0 Å². The molecule has 2 aliphatic heterocycles. The Balaban J connectivity index is 0.00000220. The molecule has 0 aromatic carbocycles. The number of halogens is 1. The first-order chi connectivity index (χ1) is 9.75. The monoisotopic (exact) mass is 317 g/mol. The molecule has 2 fully saturated rings. The third kappa shape index (κ3) is 6.66. The van der Waals surface area contributed by atoms with E-state index in [0.29, 0.717) is 12.3 Å². The molecule has 2 rings (SSSR count). The van der Waals surface area contributed by atoms with Crippen molar-refractivity contribution in [3.8, 4) is 0 Å². The number of rotatable bonds is 5. The van der Waals surface area contributed by atoms with Crippen molar-refractivity contribution in [2.24, 2.45) is 5.92 Å². The van der Waals surface area contributed by atoms with Crippen molar-refractivity contribution in [2.75, 3.05) is 32.7 Å². The maximum absolute atomic E-state index is 11.9. The molecule has 2 saturated heterocycles. The fraction of sp³-hybridized carbons (Fsp3) is 0.867. The van der Waals surface area contributed by atoms with Crippen molar-refractivity contribution < 1.29 is 9.59 Å². The van der Waals surface area contributed by atoms with Gasteiger partial charge in [0, 0.05) is 19.5 Å². The van der Waals surface area contributed by atoms with Crippen LogP contribution in [-0.2, 0) is 9.59 Å². The Morgan fingerprint density at radius 1 is 1.10 bits per heavy atom. The van der Waals surface area contributed by atoms with Crippen molar-refractivity contribution in [1.82, 2.24) is 15.5 Å². The fourth-order valence-corrected chi connectivity index (χ4v) is 3.02. The minimum Gasteiger partial charge on any atom is -0.347 e. The van der Waals surface area contributed by atoms with Crippen molar-refractivity contribution >= 4 is 24.2 Å². The van der Waals surface area contributed by atoms with Crippen LogP contribution in [0.25, 0.3) is 0 Å². The van der Waals surface area contributed by atoms with E-state index in [4.69, 9.17) is 0 Å². The second-order valence-electron chi connectivity index (χ2n) is 5.95. The molecule has 0 unspecified atom stereocenters. The summed E-state index contributed by atoms with van der Waals surface area (Å²) >= 11 is 0. The SMILES string of the molecule is Cl.O=C(CCC1CCNCC1)NCC(=O)N1CCCCC1. The van der Waals surface area contributed by atoms with Crippen molar-refractivity contribution in [3.05, 3.63) is 0 Å². The Morgan fingerprint density at radius 3 is 2.43 bits per heavy atom. The number of hydrogen-bond donors (Lipinski definition) is 2. The predicted molar refractivity (Wildman–Crippen MR) is 85.5 cm³/mol. The van der Waals surface area contributed by atoms with Gasteiger partial charge < -0.3 is 15.5 Å². The van der Waals surface area contributed by atoms with Gasteiger partial charge in [-0.15, -0.1) is 12.4 Å². The molecular weight excluding hydrogens is 290 g/mol. The molecule has 2 heterocycles. The largest absolute Gasteiger partial charge is 0.347 e. The van der Waals surface area contributed by atoms with Gasteiger partial charge in [0.15, 0.2) is 0 Å². The van der Waals surface area contributed by atoms with Crippen LogP contribution in [0.4, 0.5) is 0 Å². The smallest absolute Gasteiger partial charge is 0.241 e. The van der Waals surface area contributed by atoms with Crippen LogP contribution in [0.5, 0.6) is 0 Å². The van der Waals surface area contributed by atoms with Crippen LogP contribution in [0.1, 0.15) is 44.9 Å². The minimum atomic E-state index is 0. The molecule has 6 heteroatoms. The molecule has 2 amide bonds. The minimum absolute atomic E-state index is 0. The number of carbonyl (C=O) groups is 2. The highest BCUT2D eigenvalue weighted by atomic mass is 35.5. The molecule has 0 atom stereocenters. The lowest BCUT2D eigenvalue weighted by Crippen LogP contribution is -2.42. The van der Waals surface area contributed by atoms with E-state index in [1.54, 1.807) is 0 Å². The van der Waals surface area contributed by atoms with Gasteiger partial charge in [-0.05, 0) is 57.5 Å². The number of nitrogens with one attached hydrogen (secondary N) is 2. The lowest BCUT2D eigenvalue weighted by molar-refractivity contribution is -0.133. The number of nitrogens with zero attached hydrogens (tertiary/aromatic N) is 1. The molecular formula is C15H28ClN3O2. The molecule has 2 N–H and O–H groups in total. The second kappa shape index (κ2) is 10.0. The third-order valence-electron chi connectivity index (χ3n) is 4.38. The molecule has 0 bridgehead atoms. The van der Waals surface area contributed by atoms with E-state index in [1.165, 1.54) is 19.3 Å². The van der Waals surface area contributed by atoms with Crippen LogP contribution >= 0.6 is 12.4 Å². The van der Waals surface area contributed by atoms with E-state index in [-0.39, 0.29) is 30.8 Å². The van der Waals surface area contributed by atoms with Gasteiger partial charge >= 0.3 is 0 Å². The van der Waals surface area contributed by atoms with Gasteiger partial charge in [-0.25, -0.2) is 0 Å². The zero-order chi connectivity index (χ0) is 14.2. The first-order valence-corrected chi connectivity index (χ1v) is 8.01. The number of carbonyl (C=O) groups excluding carboxylic acids is 2. The van der Waals surface area contributed by atoms with Crippen molar-refractivity contribution in [2.45, 2.75) is 44.9 Å². The lowest BCUT2D eigenvalue weighted by Gasteiger charge is -2.26. The summed E-state index contributed by atoms with van der Waals surface area (Å²) in [6, 6.07) is 0. The Labute approximate surface area is 133 Å². The van der Waals surface area contributed by atoms with Crippen LogP contribution in [-0.4, -0.2) is 49.4 Å². The molecule has 2 aliphatic rings. The summed E-state index contributed by atoms with van der Waals surface area (Å²) < 4.78 is 0. The van der Waals surface area contributed by atoms with Gasteiger partial charge in [0.25, 0.3) is 0 Å². The quantitative estimate of drug-likeness (QED) is 0.804. The summed E-state index contributed by atoms with van der Waals surface area (Å²) in [4.78, 5) is 25.6. The summed E-state index contributed by atoms with van der Waals surface area (Å²) in [5, 5.41) is 6.10. The number of piperidine rings is 2. The fourth-order valence-electron chi connectivity index (χ4n) is 3.02. The standard InChI is InChI=1S/C15H27N3O2.ClH/c19-14(5-4-13-6-8-16-9-7-13)17-12-15(20)18-10-2-1-3-11-18;/h13,16H,1-12H2,(H,17,19);1H. The first kappa shape index (κ1) is 18.2. The molecule has 122 valence electrons. The molecule has 5 nitrogen and oxygen atoms in total. The van der Waals surface area contributed by atoms with E-state index in [0.717, 1.165) is 45.4 Å². The van der Waals surface area contributed by atoms with Gasteiger partial charge in [0.2, 0.25) is 11.8 Å². The highest BCUT2D eigenvalue weighted by molar-refractivity contribution is 5.85. The molecule has 0 saturated carbocycles. The molecule has 0 radical (unpaired) electrons. The molecule has 0 aliphatic carbocycles. The van der Waals surface area contributed by atoms with Crippen LogP contribution in [0.2, 0.25) is 0 Å². The summed E-state index contributed by atoms with van der Waals surface area (Å²) in [6.45, 7) is 4.01. The van der Waals surface area contributed by atoms with Gasteiger partial charge in [0.1, 0.15) is 0 Å². The molecule has 0 aromatic heterocycles. The normalized spacial score (nSPS) is 19.7. The zero-order valence-corrected chi connectivity index (χ0v) is 13.6. The summed E-state index contributed by atoms with van der Waals surface area (Å²) in [6.07, 6.45) is 7.24. The highest BCUT2D eigenvalue weighted by Gasteiger charge is 2.18. The van der Waals surface area contributed by atoms with Crippen LogP contribution in [0.15, 0.2) is 0 Å². The molecule has 0 spiro atoms. The second-order valence-corrected chi connectivity index (χ2v) is 5.95. The topological polar surface area (TPSA) is 61.4 Å². The third-order valence-corrected chi connectivity index (χ3v) is 4.38. The summed E-state index contributed by atoms with van der Waals surface area (Å²) in [5.74, 6) is 0.758. The van der Waals surface area contributed by atoms with Crippen LogP contribution in [0, 0.1) is 5.92 Å². The van der Waals surface area contributed by atoms with E-state index < -0.39 is 0 Å². The zero-order valence-electron chi connectivity index (χ0n) is 12.7. The number of likely N-dealkylation sites (tertiary alicyclic amines) is 1. The van der Waals surface area contributed by atoms with E-state index >= 15 is 0 Å². The lowest BCUT2D eigenvalue weighted by atomic mass is 9.93. The van der Waals surface area contributed by atoms with E-state index in [2.05, 4.69) is 10.6 Å². The van der Waals surface area contributed by atoms with Crippen LogP contribution < -0.4 is 10.6 Å². The highest BCUT2D eigenvalue weighted by Crippen LogP contribution is 2.17. The first-order valence-electron chi connectivity index (χ1n) is 8.01. The van der Waals surface area contributed by atoms with E-state index in [9.17, 15) is 9.59 Å². The van der Waals surface area contributed by atoms with Crippen molar-refractivity contribution in [3.63, 3.8) is 0 Å². The average molecular weight is 318 g/mol. The molecule has 21 heavy (non-hydrogen) atoms. The van der Waals surface area contributed by atoms with Gasteiger partial charge in [-0.2, -0.15) is 0 Å². The Bertz CT molecular complexity index is 327. The summed E-state index contributed by atoms with van der Waals surface area (Å²) in [5.41, 5.74) is 0. The molecule has 0 aromatic rings. The van der Waals surface area contributed by atoms with Gasteiger partial charge in [-0.1, -0.05) is 0 Å². The maximum atomic E-state index is 11.9. The van der Waals surface area contributed by atoms with E-state index in [1.807, 2.05) is 4.90 Å².